The maximum atomic E-state index is 13.1. The van der Waals surface area contributed by atoms with Gasteiger partial charge < -0.3 is 14.5 Å². The number of amides is 3. The van der Waals surface area contributed by atoms with Gasteiger partial charge in [0, 0.05) is 24.8 Å². The van der Waals surface area contributed by atoms with Crippen LogP contribution in [0.25, 0.3) is 10.9 Å². The Balaban J connectivity index is 1.69. The summed E-state index contributed by atoms with van der Waals surface area (Å²) in [5, 5.41) is 6.02. The SMILES string of the molecule is CCOCCCNC(=O)NC(=O)CSc1nc2cc(Cl)ccc2c(=O)n1Cc1ccco1. The number of carbonyl (C=O) groups excluding carboxylic acids is 2. The minimum absolute atomic E-state index is 0.108. The lowest BCUT2D eigenvalue weighted by atomic mass is 10.2. The Hall–Kier alpha value is -2.82. The first-order valence-corrected chi connectivity index (χ1v) is 11.3. The first-order valence-electron chi connectivity index (χ1n) is 9.98. The predicted octanol–water partition coefficient (Wildman–Crippen LogP) is 3.04. The molecule has 2 N–H and O–H groups in total. The molecule has 32 heavy (non-hydrogen) atoms. The minimum Gasteiger partial charge on any atom is -0.467 e. The molecule has 2 aromatic heterocycles. The average Bonchev–Trinajstić information content (AvgIpc) is 3.27. The second-order valence-corrected chi connectivity index (χ2v) is 8.05. The molecular formula is C21H23ClN4O5S. The molecule has 3 aromatic rings. The van der Waals surface area contributed by atoms with Crippen LogP contribution in [0, 0.1) is 0 Å². The standard InChI is InChI=1S/C21H23ClN4O5S/c1-2-30-9-4-8-23-20(29)25-18(27)13-32-21-24-17-11-14(22)6-7-16(17)19(28)26(21)12-15-5-3-10-31-15/h3,5-7,10-11H,2,4,8-9,12-13H2,1H3,(H2,23,25,27,29). The molecule has 2 heterocycles. The number of rotatable bonds is 10. The molecule has 1 aromatic carbocycles. The van der Waals surface area contributed by atoms with Crippen LogP contribution in [-0.4, -0.2) is 47.0 Å². The van der Waals surface area contributed by atoms with E-state index in [2.05, 4.69) is 15.6 Å². The fourth-order valence-corrected chi connectivity index (χ4v) is 3.80. The van der Waals surface area contributed by atoms with Crippen molar-refractivity contribution in [1.82, 2.24) is 20.2 Å². The Morgan fingerprint density at radius 2 is 2.16 bits per heavy atom. The number of fused-ring (bicyclic) bond motifs is 1. The first kappa shape index (κ1) is 23.8. The van der Waals surface area contributed by atoms with E-state index >= 15 is 0 Å². The van der Waals surface area contributed by atoms with Gasteiger partial charge in [-0.05, 0) is 43.7 Å². The number of hydrogen-bond donors (Lipinski definition) is 2. The highest BCUT2D eigenvalue weighted by Crippen LogP contribution is 2.21. The molecule has 9 nitrogen and oxygen atoms in total. The van der Waals surface area contributed by atoms with Crippen molar-refractivity contribution in [3.05, 3.63) is 57.7 Å². The number of ether oxygens (including phenoxy) is 1. The lowest BCUT2D eigenvalue weighted by Crippen LogP contribution is -2.41. The third-order valence-electron chi connectivity index (χ3n) is 4.32. The predicted molar refractivity (Wildman–Crippen MR) is 122 cm³/mol. The molecule has 3 amide bonds. The van der Waals surface area contributed by atoms with Gasteiger partial charge in [-0.15, -0.1) is 0 Å². The number of furan rings is 1. The van der Waals surface area contributed by atoms with E-state index in [4.69, 9.17) is 20.8 Å². The van der Waals surface area contributed by atoms with Crippen molar-refractivity contribution < 1.29 is 18.7 Å². The molecule has 3 rings (SSSR count). The van der Waals surface area contributed by atoms with Crippen LogP contribution >= 0.6 is 23.4 Å². The molecule has 11 heteroatoms. The zero-order chi connectivity index (χ0) is 22.9. The summed E-state index contributed by atoms with van der Waals surface area (Å²) >= 11 is 7.09. The zero-order valence-electron chi connectivity index (χ0n) is 17.4. The van der Waals surface area contributed by atoms with E-state index in [0.29, 0.717) is 53.0 Å². The lowest BCUT2D eigenvalue weighted by molar-refractivity contribution is -0.117. The fraction of sp³-hybridized carbons (Fsp3) is 0.333. The van der Waals surface area contributed by atoms with Gasteiger partial charge in [0.2, 0.25) is 5.91 Å². The monoisotopic (exact) mass is 478 g/mol. The van der Waals surface area contributed by atoms with E-state index in [1.807, 2.05) is 6.92 Å². The Kier molecular flexibility index (Phi) is 8.72. The molecule has 0 unspecified atom stereocenters. The third kappa shape index (κ3) is 6.59. The summed E-state index contributed by atoms with van der Waals surface area (Å²) in [5.41, 5.74) is 0.145. The van der Waals surface area contributed by atoms with Gasteiger partial charge in [0.25, 0.3) is 5.56 Å². The number of imide groups is 1. The highest BCUT2D eigenvalue weighted by atomic mass is 35.5. The van der Waals surface area contributed by atoms with E-state index in [-0.39, 0.29) is 17.9 Å². The summed E-state index contributed by atoms with van der Waals surface area (Å²) in [6, 6.07) is 7.71. The average molecular weight is 479 g/mol. The second-order valence-electron chi connectivity index (χ2n) is 6.67. The Bertz CT molecular complexity index is 1130. The molecule has 0 saturated carbocycles. The van der Waals surface area contributed by atoms with Crippen LogP contribution in [0.15, 0.2) is 51.0 Å². The number of nitrogens with zero attached hydrogens (tertiary/aromatic N) is 2. The number of benzene rings is 1. The number of nitrogens with one attached hydrogen (secondary N) is 2. The van der Waals surface area contributed by atoms with Gasteiger partial charge in [-0.3, -0.25) is 19.5 Å². The molecule has 0 fully saturated rings. The molecule has 0 atom stereocenters. The van der Waals surface area contributed by atoms with Gasteiger partial charge in [-0.2, -0.15) is 0 Å². The van der Waals surface area contributed by atoms with Crippen LogP contribution < -0.4 is 16.2 Å². The van der Waals surface area contributed by atoms with Gasteiger partial charge >= 0.3 is 6.03 Å². The maximum absolute atomic E-state index is 13.1. The molecule has 0 spiro atoms. The van der Waals surface area contributed by atoms with Crippen molar-refractivity contribution in [1.29, 1.82) is 0 Å². The molecule has 0 saturated heterocycles. The van der Waals surface area contributed by atoms with Crippen LogP contribution in [-0.2, 0) is 16.1 Å². The normalized spacial score (nSPS) is 10.9. The van der Waals surface area contributed by atoms with Gasteiger partial charge in [0.1, 0.15) is 5.76 Å². The first-order chi connectivity index (χ1) is 15.5. The van der Waals surface area contributed by atoms with Crippen molar-refractivity contribution in [2.75, 3.05) is 25.5 Å². The van der Waals surface area contributed by atoms with Crippen LogP contribution in [0.5, 0.6) is 0 Å². The van der Waals surface area contributed by atoms with E-state index < -0.39 is 11.9 Å². The van der Waals surface area contributed by atoms with Gasteiger partial charge in [0.15, 0.2) is 5.16 Å². The molecule has 170 valence electrons. The largest absolute Gasteiger partial charge is 0.467 e. The number of carbonyl (C=O) groups is 2. The van der Waals surface area contributed by atoms with E-state index in [0.717, 1.165) is 11.8 Å². The molecule has 0 aliphatic rings. The van der Waals surface area contributed by atoms with E-state index in [9.17, 15) is 14.4 Å². The van der Waals surface area contributed by atoms with Gasteiger partial charge in [-0.25, -0.2) is 9.78 Å². The fourth-order valence-electron chi connectivity index (χ4n) is 2.84. The van der Waals surface area contributed by atoms with Gasteiger partial charge in [0.05, 0.1) is 29.5 Å². The number of aromatic nitrogens is 2. The van der Waals surface area contributed by atoms with Crippen molar-refractivity contribution >= 4 is 46.2 Å². The summed E-state index contributed by atoms with van der Waals surface area (Å²) in [6.07, 6.45) is 2.16. The summed E-state index contributed by atoms with van der Waals surface area (Å²) < 4.78 is 12.0. The second kappa shape index (κ2) is 11.7. The summed E-state index contributed by atoms with van der Waals surface area (Å²) in [7, 11) is 0. The molecular weight excluding hydrogens is 456 g/mol. The van der Waals surface area contributed by atoms with E-state index in [1.165, 1.54) is 10.8 Å². The highest BCUT2D eigenvalue weighted by molar-refractivity contribution is 7.99. The number of halogens is 1. The number of urea groups is 1. The van der Waals surface area contributed by atoms with E-state index in [1.54, 1.807) is 30.3 Å². The Morgan fingerprint density at radius 3 is 2.91 bits per heavy atom. The highest BCUT2D eigenvalue weighted by Gasteiger charge is 2.16. The smallest absolute Gasteiger partial charge is 0.321 e. The molecule has 0 aliphatic heterocycles. The Morgan fingerprint density at radius 1 is 1.31 bits per heavy atom. The zero-order valence-corrected chi connectivity index (χ0v) is 19.0. The van der Waals surface area contributed by atoms with Crippen LogP contribution in [0.4, 0.5) is 4.79 Å². The quantitative estimate of drug-likeness (QED) is 0.261. The summed E-state index contributed by atoms with van der Waals surface area (Å²) in [5.74, 6) is -0.0505. The van der Waals surface area contributed by atoms with Crippen molar-refractivity contribution in [3.63, 3.8) is 0 Å². The van der Waals surface area contributed by atoms with Crippen LogP contribution in [0.1, 0.15) is 19.1 Å². The van der Waals surface area contributed by atoms with Gasteiger partial charge in [-0.1, -0.05) is 23.4 Å². The summed E-state index contributed by atoms with van der Waals surface area (Å²) in [6.45, 7) is 3.58. The lowest BCUT2D eigenvalue weighted by Gasteiger charge is -2.12. The molecule has 0 radical (unpaired) electrons. The molecule has 0 bridgehead atoms. The summed E-state index contributed by atoms with van der Waals surface area (Å²) in [4.78, 5) is 41.6. The third-order valence-corrected chi connectivity index (χ3v) is 5.53. The van der Waals surface area contributed by atoms with Crippen LogP contribution in [0.2, 0.25) is 5.02 Å². The minimum atomic E-state index is -0.585. The van der Waals surface area contributed by atoms with Crippen molar-refractivity contribution in [2.24, 2.45) is 0 Å². The van der Waals surface area contributed by atoms with Crippen LogP contribution in [0.3, 0.4) is 0 Å². The molecule has 0 aliphatic carbocycles. The number of hydrogen-bond acceptors (Lipinski definition) is 7. The topological polar surface area (TPSA) is 115 Å². The maximum Gasteiger partial charge on any atom is 0.321 e. The van der Waals surface area contributed by atoms with Crippen molar-refractivity contribution in [3.8, 4) is 0 Å². The number of thioether (sulfide) groups is 1. The van der Waals surface area contributed by atoms with Crippen molar-refractivity contribution in [2.45, 2.75) is 25.0 Å². The Labute approximate surface area is 193 Å².